The molecule has 0 heterocycles. The number of unbranched alkanes of at least 4 members (excludes halogenated alkanes) is 16. The third-order valence-electron chi connectivity index (χ3n) is 11.4. The quantitative estimate of drug-likeness (QED) is 0.0358. The van der Waals surface area contributed by atoms with Crippen LogP contribution in [0.4, 0.5) is 0 Å². The van der Waals surface area contributed by atoms with E-state index in [1.807, 2.05) is 12.1 Å². The molecule has 2 aromatic carbocycles. The number of carboxylic acids is 2. The average molecular weight is 1030 g/mol. The largest absolute Gasteiger partial charge is 2.00 e. The summed E-state index contributed by atoms with van der Waals surface area (Å²) in [6, 6.07) is 20.8. The number of esters is 2. The average Bonchev–Trinajstić information content (AvgIpc) is 3.25. The zero-order chi connectivity index (χ0) is 46.9. The van der Waals surface area contributed by atoms with Gasteiger partial charge in [-0.3, -0.25) is 9.59 Å². The minimum absolute atomic E-state index is 0. The van der Waals surface area contributed by atoms with Gasteiger partial charge in [-0.1, -0.05) is 190 Å². The molecule has 0 bridgehead atoms. The first-order valence-corrected chi connectivity index (χ1v) is 25.1. The molecule has 0 aliphatic heterocycles. The van der Waals surface area contributed by atoms with Crippen molar-refractivity contribution in [3.8, 4) is 0 Å². The third kappa shape index (κ3) is 40.6. The molecule has 0 aliphatic carbocycles. The fourth-order valence-corrected chi connectivity index (χ4v) is 8.05. The van der Waals surface area contributed by atoms with Gasteiger partial charge in [-0.25, -0.2) is 0 Å². The molecule has 0 spiro atoms. The minimum atomic E-state index is -1.17. The monoisotopic (exact) mass is 1030 g/mol. The van der Waals surface area contributed by atoms with E-state index in [2.05, 4.69) is 62.4 Å². The van der Waals surface area contributed by atoms with Gasteiger partial charge in [0.1, 0.15) is 12.2 Å². The topological polar surface area (TPSA) is 151 Å². The van der Waals surface area contributed by atoms with E-state index >= 15 is 0 Å². The molecule has 0 aromatic heterocycles. The van der Waals surface area contributed by atoms with Crippen LogP contribution in [0, 0.1) is 0 Å². The molecule has 0 radical (unpaired) electrons. The second-order valence-electron chi connectivity index (χ2n) is 17.5. The van der Waals surface area contributed by atoms with Crippen molar-refractivity contribution in [3.63, 3.8) is 0 Å². The number of benzene rings is 2. The van der Waals surface area contributed by atoms with Crippen LogP contribution in [0.15, 0.2) is 60.7 Å². The minimum Gasteiger partial charge on any atom is -0.550 e. The maximum atomic E-state index is 11.0. The van der Waals surface area contributed by atoms with Crippen LogP contribution in [0.1, 0.15) is 219 Å². The third-order valence-corrected chi connectivity index (χ3v) is 11.4. The Hall–Kier alpha value is -2.19. The number of aliphatic carboxylic acids is 2. The van der Waals surface area contributed by atoms with Gasteiger partial charge in [0.15, 0.2) is 0 Å². The first-order valence-electron chi connectivity index (χ1n) is 25.1. The molecule has 2 aromatic rings. The molecule has 0 saturated carbocycles. The second kappa shape index (κ2) is 44.3. The molecule has 65 heavy (non-hydrogen) atoms. The van der Waals surface area contributed by atoms with Crippen molar-refractivity contribution < 1.29 is 48.3 Å². The van der Waals surface area contributed by atoms with Gasteiger partial charge in [-0.15, -0.1) is 0 Å². The van der Waals surface area contributed by atoms with E-state index in [0.29, 0.717) is 38.3 Å². The Bertz CT molecular complexity index is 1290. The predicted octanol–water partition coefficient (Wildman–Crippen LogP) is 11.1. The van der Waals surface area contributed by atoms with Crippen molar-refractivity contribution >= 4 is 72.8 Å². The number of hydrogen-bond donors (Lipinski definition) is 0. The summed E-state index contributed by atoms with van der Waals surface area (Å²) in [7, 11) is 0. The summed E-state index contributed by atoms with van der Waals surface area (Å²) in [5.74, 6) is -3.19. The van der Waals surface area contributed by atoms with Crippen LogP contribution in [-0.2, 0) is 51.3 Å². The van der Waals surface area contributed by atoms with Crippen molar-refractivity contribution in [2.45, 2.75) is 245 Å². The summed E-state index contributed by atoms with van der Waals surface area (Å²) in [6.07, 6.45) is 28.4. The van der Waals surface area contributed by atoms with E-state index in [1.165, 1.54) is 102 Å². The molecule has 0 N–H and O–H groups in total. The molecule has 10 nitrogen and oxygen atoms in total. The van der Waals surface area contributed by atoms with Crippen LogP contribution in [0.5, 0.6) is 0 Å². The summed E-state index contributed by atoms with van der Waals surface area (Å²) in [4.78, 5) is 43.5. The Morgan fingerprint density at radius 3 is 0.923 bits per heavy atom. The standard InChI is InChI=1S/2C27H44O5.Ba/c2*1-3-16-25(31-22-24-17-12-11-13-18-24)19-14-9-7-5-4-6-8-10-15-20-26(21-27(29)30)32-23(2)28;/h2*11-13,17-18,25-26H,3-10,14-16,19-22H2,1-2H3,(H,29,30);/q;;+2/p-2. The fraction of sp³-hybridized carbons (Fsp3) is 0.704. The van der Waals surface area contributed by atoms with Crippen molar-refractivity contribution in [1.82, 2.24) is 0 Å². The number of rotatable bonds is 40. The van der Waals surface area contributed by atoms with E-state index in [1.54, 1.807) is 0 Å². The normalized spacial score (nSPS) is 12.7. The van der Waals surface area contributed by atoms with Gasteiger partial charge < -0.3 is 38.7 Å². The molecule has 0 amide bonds. The van der Waals surface area contributed by atoms with Gasteiger partial charge in [0.25, 0.3) is 0 Å². The van der Waals surface area contributed by atoms with Gasteiger partial charge in [-0.2, -0.15) is 0 Å². The van der Waals surface area contributed by atoms with Gasteiger partial charge in [0.05, 0.1) is 25.4 Å². The van der Waals surface area contributed by atoms with Gasteiger partial charge in [-0.05, 0) is 62.5 Å². The van der Waals surface area contributed by atoms with E-state index < -0.39 is 36.1 Å². The summed E-state index contributed by atoms with van der Waals surface area (Å²) >= 11 is 0. The molecule has 2 rings (SSSR count). The molecular weight excluding hydrogens is 946 g/mol. The molecule has 0 aliphatic rings. The Kier molecular flexibility index (Phi) is 42.8. The smallest absolute Gasteiger partial charge is 0.550 e. The number of ether oxygens (including phenoxy) is 4. The van der Waals surface area contributed by atoms with E-state index in [4.69, 9.17) is 18.9 Å². The van der Waals surface area contributed by atoms with Crippen LogP contribution < -0.4 is 10.2 Å². The maximum absolute atomic E-state index is 11.0. The van der Waals surface area contributed by atoms with Crippen molar-refractivity contribution in [2.75, 3.05) is 0 Å². The molecular formula is C54H86BaO10. The molecule has 4 atom stereocenters. The zero-order valence-corrected chi connectivity index (χ0v) is 45.5. The molecule has 11 heteroatoms. The summed E-state index contributed by atoms with van der Waals surface area (Å²) < 4.78 is 22.4. The summed E-state index contributed by atoms with van der Waals surface area (Å²) in [5, 5.41) is 21.5. The van der Waals surface area contributed by atoms with Gasteiger partial charge >= 0.3 is 60.8 Å². The number of carbonyl (C=O) groups excluding carboxylic acids is 4. The first-order chi connectivity index (χ1) is 31.0. The number of hydrogen-bond acceptors (Lipinski definition) is 10. The zero-order valence-electron chi connectivity index (χ0n) is 41.1. The summed E-state index contributed by atoms with van der Waals surface area (Å²) in [5.41, 5.74) is 2.49. The van der Waals surface area contributed by atoms with Crippen molar-refractivity contribution in [3.05, 3.63) is 71.8 Å². The SMILES string of the molecule is CCCC(CCCCCCCCCCCC(CC(=O)[O-])OC(C)=O)OCc1ccccc1.CCCC(CCCCCCCCCCCC(CC(=O)[O-])OC(C)=O)OCc1ccccc1.[Ba+2]. The van der Waals surface area contributed by atoms with Crippen LogP contribution in [0.2, 0.25) is 0 Å². The van der Waals surface area contributed by atoms with E-state index in [-0.39, 0.29) is 61.7 Å². The van der Waals surface area contributed by atoms with Crippen LogP contribution in [0.3, 0.4) is 0 Å². The van der Waals surface area contributed by atoms with Crippen LogP contribution in [-0.4, -0.2) is 97.2 Å². The van der Waals surface area contributed by atoms with Crippen molar-refractivity contribution in [2.24, 2.45) is 0 Å². The number of carboxylic acid groups (broad SMARTS) is 2. The Labute approximate surface area is 434 Å². The second-order valence-corrected chi connectivity index (χ2v) is 17.5. The fourth-order valence-electron chi connectivity index (χ4n) is 8.05. The Morgan fingerprint density at radius 2 is 0.677 bits per heavy atom. The van der Waals surface area contributed by atoms with Crippen LogP contribution in [0.25, 0.3) is 0 Å². The summed E-state index contributed by atoms with van der Waals surface area (Å²) in [6.45, 7) is 8.48. The molecule has 364 valence electrons. The maximum Gasteiger partial charge on any atom is 2.00 e. The van der Waals surface area contributed by atoms with Crippen molar-refractivity contribution in [1.29, 1.82) is 0 Å². The van der Waals surface area contributed by atoms with Gasteiger partial charge in [0, 0.05) is 38.6 Å². The van der Waals surface area contributed by atoms with E-state index in [0.717, 1.165) is 77.0 Å². The van der Waals surface area contributed by atoms with E-state index in [9.17, 15) is 29.4 Å². The molecule has 0 fully saturated rings. The van der Waals surface area contributed by atoms with Crippen LogP contribution >= 0.6 is 0 Å². The molecule has 4 unspecified atom stereocenters. The number of carbonyl (C=O) groups is 4. The predicted molar refractivity (Wildman–Crippen MR) is 258 cm³/mol. The Morgan fingerprint density at radius 1 is 0.415 bits per heavy atom. The first kappa shape index (κ1) is 62.8. The Balaban J connectivity index is 0.00000124. The van der Waals surface area contributed by atoms with Gasteiger partial charge in [0.2, 0.25) is 0 Å². The molecule has 0 saturated heterocycles.